The number of rotatable bonds is 8. The van der Waals surface area contributed by atoms with Crippen molar-refractivity contribution in [2.75, 3.05) is 11.9 Å². The number of carbonyl (C=O) groups is 3. The van der Waals surface area contributed by atoms with Crippen LogP contribution in [-0.4, -0.2) is 24.3 Å². The number of hydrogen-bond acceptors (Lipinski definition) is 5. The van der Waals surface area contributed by atoms with Gasteiger partial charge in [-0.1, -0.05) is 48.0 Å². The second kappa shape index (κ2) is 11.8. The van der Waals surface area contributed by atoms with Crippen LogP contribution in [0.1, 0.15) is 22.6 Å². The summed E-state index contributed by atoms with van der Waals surface area (Å²) >= 11 is 0. The Bertz CT molecular complexity index is 1220. The van der Waals surface area contributed by atoms with E-state index in [0.717, 1.165) is 11.1 Å². The minimum absolute atomic E-state index is 0.0286. The summed E-state index contributed by atoms with van der Waals surface area (Å²) < 4.78 is 5.55. The Hall–Kier alpha value is -4.64. The highest BCUT2D eigenvalue weighted by atomic mass is 16.3. The van der Waals surface area contributed by atoms with Gasteiger partial charge in [-0.15, -0.1) is 0 Å². The van der Waals surface area contributed by atoms with Crippen molar-refractivity contribution in [3.8, 4) is 6.07 Å². The van der Waals surface area contributed by atoms with E-state index in [1.165, 1.54) is 6.08 Å². The highest BCUT2D eigenvalue weighted by Gasteiger charge is 2.15. The molecule has 34 heavy (non-hydrogen) atoms. The van der Waals surface area contributed by atoms with Gasteiger partial charge in [0.1, 0.15) is 23.2 Å². The fourth-order valence-electron chi connectivity index (χ4n) is 2.99. The van der Waals surface area contributed by atoms with Crippen LogP contribution in [0, 0.1) is 18.3 Å². The SMILES string of the molecule is Cc1ccc(NC(=O)C(=O)NCc2ccc(C=C(C#N)C(=O)NCCc3ccccc3)o2)cc1. The molecule has 3 N–H and O–H groups in total. The second-order valence-corrected chi connectivity index (χ2v) is 7.47. The lowest BCUT2D eigenvalue weighted by Gasteiger charge is -2.06. The number of carbonyl (C=O) groups excluding carboxylic acids is 3. The quantitative estimate of drug-likeness (QED) is 0.273. The molecular weight excluding hydrogens is 432 g/mol. The van der Waals surface area contributed by atoms with E-state index in [1.54, 1.807) is 24.3 Å². The van der Waals surface area contributed by atoms with Crippen LogP contribution >= 0.6 is 0 Å². The molecule has 8 heteroatoms. The summed E-state index contributed by atoms with van der Waals surface area (Å²) in [7, 11) is 0. The molecule has 0 unspecified atom stereocenters. The zero-order valence-corrected chi connectivity index (χ0v) is 18.6. The number of amides is 3. The zero-order valence-electron chi connectivity index (χ0n) is 18.6. The molecule has 0 bridgehead atoms. The Labute approximate surface area is 197 Å². The molecule has 0 atom stereocenters. The molecule has 3 amide bonds. The number of furan rings is 1. The summed E-state index contributed by atoms with van der Waals surface area (Å²) in [6.07, 6.45) is 1.97. The highest BCUT2D eigenvalue weighted by Crippen LogP contribution is 2.13. The number of nitrogens with zero attached hydrogens (tertiary/aromatic N) is 1. The van der Waals surface area contributed by atoms with Crippen LogP contribution in [-0.2, 0) is 27.3 Å². The first-order valence-corrected chi connectivity index (χ1v) is 10.6. The lowest BCUT2D eigenvalue weighted by atomic mass is 10.1. The molecule has 2 aromatic carbocycles. The van der Waals surface area contributed by atoms with E-state index in [2.05, 4.69) is 16.0 Å². The van der Waals surface area contributed by atoms with E-state index < -0.39 is 17.7 Å². The second-order valence-electron chi connectivity index (χ2n) is 7.47. The standard InChI is InChI=1S/C26H24N4O4/c1-18-7-9-21(10-8-18)30-26(33)25(32)29-17-23-12-11-22(34-23)15-20(16-27)24(31)28-14-13-19-5-3-2-4-6-19/h2-12,15H,13-14,17H2,1H3,(H,28,31)(H,29,32)(H,30,33). The molecular formula is C26H24N4O4. The maximum atomic E-state index is 12.3. The Morgan fingerprint density at radius 2 is 1.65 bits per heavy atom. The monoisotopic (exact) mass is 456 g/mol. The highest BCUT2D eigenvalue weighted by molar-refractivity contribution is 6.39. The summed E-state index contributed by atoms with van der Waals surface area (Å²) in [5.74, 6) is -1.47. The summed E-state index contributed by atoms with van der Waals surface area (Å²) in [6.45, 7) is 2.28. The van der Waals surface area contributed by atoms with Crippen LogP contribution in [0.5, 0.6) is 0 Å². The van der Waals surface area contributed by atoms with Crippen LogP contribution in [0.2, 0.25) is 0 Å². The predicted octanol–water partition coefficient (Wildman–Crippen LogP) is 3.11. The van der Waals surface area contributed by atoms with Crippen molar-refractivity contribution in [1.29, 1.82) is 5.26 Å². The van der Waals surface area contributed by atoms with E-state index in [0.29, 0.717) is 24.4 Å². The van der Waals surface area contributed by atoms with Crippen LogP contribution in [0.4, 0.5) is 5.69 Å². The molecule has 0 radical (unpaired) electrons. The van der Waals surface area contributed by atoms with Gasteiger partial charge in [0.05, 0.1) is 6.54 Å². The third kappa shape index (κ3) is 7.21. The molecule has 0 spiro atoms. The van der Waals surface area contributed by atoms with Crippen LogP contribution in [0.3, 0.4) is 0 Å². The van der Waals surface area contributed by atoms with Gasteiger partial charge in [0.25, 0.3) is 5.91 Å². The molecule has 8 nitrogen and oxygen atoms in total. The van der Waals surface area contributed by atoms with Crippen molar-refractivity contribution in [2.45, 2.75) is 19.9 Å². The number of aryl methyl sites for hydroxylation is 1. The molecule has 0 saturated carbocycles. The van der Waals surface area contributed by atoms with E-state index in [1.807, 2.05) is 55.5 Å². The number of nitrogens with one attached hydrogen (secondary N) is 3. The molecule has 0 aliphatic rings. The molecule has 172 valence electrons. The van der Waals surface area contributed by atoms with E-state index in [-0.39, 0.29) is 17.9 Å². The molecule has 1 aromatic heterocycles. The predicted molar refractivity (Wildman–Crippen MR) is 127 cm³/mol. The summed E-state index contributed by atoms with van der Waals surface area (Å²) in [4.78, 5) is 36.3. The van der Waals surface area contributed by atoms with Gasteiger partial charge in [-0.3, -0.25) is 14.4 Å². The van der Waals surface area contributed by atoms with Gasteiger partial charge < -0.3 is 20.4 Å². The smallest absolute Gasteiger partial charge is 0.313 e. The molecule has 0 fully saturated rings. The average molecular weight is 457 g/mol. The summed E-state index contributed by atoms with van der Waals surface area (Å²) in [6, 6.07) is 21.8. The molecule has 0 aliphatic heterocycles. The largest absolute Gasteiger partial charge is 0.460 e. The van der Waals surface area contributed by atoms with Gasteiger partial charge in [-0.2, -0.15) is 5.26 Å². The maximum Gasteiger partial charge on any atom is 0.313 e. The average Bonchev–Trinajstić information content (AvgIpc) is 3.30. The molecule has 3 rings (SSSR count). The topological polar surface area (TPSA) is 124 Å². The molecule has 0 saturated heterocycles. The molecule has 1 heterocycles. The summed E-state index contributed by atoms with van der Waals surface area (Å²) in [5.41, 5.74) is 2.53. The maximum absolute atomic E-state index is 12.3. The minimum Gasteiger partial charge on any atom is -0.460 e. The first-order chi connectivity index (χ1) is 16.4. The van der Waals surface area contributed by atoms with Crippen molar-refractivity contribution in [1.82, 2.24) is 10.6 Å². The number of hydrogen-bond donors (Lipinski definition) is 3. The Morgan fingerprint density at radius 1 is 0.912 bits per heavy atom. The zero-order chi connectivity index (χ0) is 24.3. The Balaban J connectivity index is 1.49. The number of benzene rings is 2. The van der Waals surface area contributed by atoms with Crippen molar-refractivity contribution in [3.63, 3.8) is 0 Å². The van der Waals surface area contributed by atoms with Gasteiger partial charge in [0.15, 0.2) is 0 Å². The van der Waals surface area contributed by atoms with E-state index >= 15 is 0 Å². The minimum atomic E-state index is -0.815. The lowest BCUT2D eigenvalue weighted by Crippen LogP contribution is -2.34. The van der Waals surface area contributed by atoms with Crippen molar-refractivity contribution in [3.05, 3.63) is 95.0 Å². The van der Waals surface area contributed by atoms with Crippen LogP contribution in [0.15, 0.2) is 76.7 Å². The van der Waals surface area contributed by atoms with Crippen molar-refractivity contribution < 1.29 is 18.8 Å². The fraction of sp³-hybridized carbons (Fsp3) is 0.154. The third-order valence-corrected chi connectivity index (χ3v) is 4.82. The van der Waals surface area contributed by atoms with Gasteiger partial charge in [0.2, 0.25) is 0 Å². The number of nitriles is 1. The van der Waals surface area contributed by atoms with Crippen LogP contribution < -0.4 is 16.0 Å². The Kier molecular flexibility index (Phi) is 8.36. The van der Waals surface area contributed by atoms with Gasteiger partial charge in [-0.25, -0.2) is 0 Å². The Morgan fingerprint density at radius 3 is 2.35 bits per heavy atom. The van der Waals surface area contributed by atoms with E-state index in [4.69, 9.17) is 4.42 Å². The van der Waals surface area contributed by atoms with Gasteiger partial charge in [-0.05, 0) is 43.2 Å². The first kappa shape index (κ1) is 24.0. The normalized spacial score (nSPS) is 10.8. The lowest BCUT2D eigenvalue weighted by molar-refractivity contribution is -0.136. The van der Waals surface area contributed by atoms with E-state index in [9.17, 15) is 19.6 Å². The van der Waals surface area contributed by atoms with Gasteiger partial charge >= 0.3 is 11.8 Å². The van der Waals surface area contributed by atoms with Crippen molar-refractivity contribution >= 4 is 29.5 Å². The third-order valence-electron chi connectivity index (χ3n) is 4.82. The number of anilines is 1. The van der Waals surface area contributed by atoms with Gasteiger partial charge in [0, 0.05) is 18.3 Å². The molecule has 3 aromatic rings. The first-order valence-electron chi connectivity index (χ1n) is 10.6. The van der Waals surface area contributed by atoms with Crippen LogP contribution in [0.25, 0.3) is 6.08 Å². The fourth-order valence-corrected chi connectivity index (χ4v) is 2.99. The van der Waals surface area contributed by atoms with Crippen molar-refractivity contribution in [2.24, 2.45) is 0 Å². The summed E-state index contributed by atoms with van der Waals surface area (Å²) in [5, 5.41) is 17.0. The molecule has 0 aliphatic carbocycles.